The lowest BCUT2D eigenvalue weighted by atomic mass is 9.93. The number of rotatable bonds is 4. The van der Waals surface area contributed by atoms with Crippen molar-refractivity contribution in [2.45, 2.75) is 31.8 Å². The van der Waals surface area contributed by atoms with E-state index in [1.54, 1.807) is 6.92 Å². The molecule has 5 heteroatoms. The Kier molecular flexibility index (Phi) is 4.29. The SMILES string of the molecule is CC(CC(C)(N)C(N)=O)N1CCN(C)CC1. The normalized spacial score (nSPS) is 25.0. The number of hydrogen-bond donors (Lipinski definition) is 2. The molecule has 2 unspecified atom stereocenters. The molecule has 1 fully saturated rings. The Hall–Kier alpha value is -0.650. The fourth-order valence-electron chi connectivity index (χ4n) is 2.11. The number of hydrogen-bond acceptors (Lipinski definition) is 4. The van der Waals surface area contributed by atoms with E-state index in [0.29, 0.717) is 12.5 Å². The van der Waals surface area contributed by atoms with Gasteiger partial charge in [0, 0.05) is 32.2 Å². The highest BCUT2D eigenvalue weighted by atomic mass is 16.1. The lowest BCUT2D eigenvalue weighted by molar-refractivity contribution is -0.123. The van der Waals surface area contributed by atoms with Crippen LogP contribution in [0.2, 0.25) is 0 Å². The monoisotopic (exact) mass is 228 g/mol. The van der Waals surface area contributed by atoms with Crippen LogP contribution < -0.4 is 11.5 Å². The van der Waals surface area contributed by atoms with Gasteiger partial charge in [-0.05, 0) is 27.3 Å². The van der Waals surface area contributed by atoms with Crippen molar-refractivity contribution < 1.29 is 4.79 Å². The molecule has 0 aromatic rings. The molecule has 0 radical (unpaired) electrons. The van der Waals surface area contributed by atoms with E-state index in [2.05, 4.69) is 23.8 Å². The van der Waals surface area contributed by atoms with Crippen LogP contribution in [0.3, 0.4) is 0 Å². The number of nitrogens with two attached hydrogens (primary N) is 2. The zero-order chi connectivity index (χ0) is 12.3. The molecule has 1 saturated heterocycles. The Bertz CT molecular complexity index is 246. The molecule has 0 bridgehead atoms. The first-order valence-electron chi connectivity index (χ1n) is 5.84. The third-order valence-electron chi connectivity index (χ3n) is 3.44. The van der Waals surface area contributed by atoms with Gasteiger partial charge in [0.25, 0.3) is 0 Å². The Morgan fingerprint density at radius 3 is 2.31 bits per heavy atom. The predicted molar refractivity (Wildman–Crippen MR) is 64.9 cm³/mol. The number of primary amides is 1. The largest absolute Gasteiger partial charge is 0.368 e. The second kappa shape index (κ2) is 5.12. The average Bonchev–Trinajstić information content (AvgIpc) is 2.17. The number of carbonyl (C=O) groups is 1. The molecule has 5 nitrogen and oxygen atoms in total. The van der Waals surface area contributed by atoms with Gasteiger partial charge >= 0.3 is 0 Å². The van der Waals surface area contributed by atoms with Crippen molar-refractivity contribution in [1.29, 1.82) is 0 Å². The van der Waals surface area contributed by atoms with E-state index < -0.39 is 11.4 Å². The average molecular weight is 228 g/mol. The zero-order valence-electron chi connectivity index (χ0n) is 10.6. The van der Waals surface area contributed by atoms with Crippen LogP contribution in [0.4, 0.5) is 0 Å². The molecule has 1 heterocycles. The van der Waals surface area contributed by atoms with Crippen LogP contribution in [0, 0.1) is 0 Å². The van der Waals surface area contributed by atoms with Crippen LogP contribution in [0.15, 0.2) is 0 Å². The third-order valence-corrected chi connectivity index (χ3v) is 3.44. The fraction of sp³-hybridized carbons (Fsp3) is 0.909. The van der Waals surface area contributed by atoms with Gasteiger partial charge in [-0.25, -0.2) is 0 Å². The maximum atomic E-state index is 11.2. The van der Waals surface area contributed by atoms with Gasteiger partial charge < -0.3 is 16.4 Å². The number of likely N-dealkylation sites (N-methyl/N-ethyl adjacent to an activating group) is 1. The van der Waals surface area contributed by atoms with Crippen molar-refractivity contribution in [2.24, 2.45) is 11.5 Å². The molecule has 0 saturated carbocycles. The Morgan fingerprint density at radius 1 is 1.38 bits per heavy atom. The summed E-state index contributed by atoms with van der Waals surface area (Å²) in [6.45, 7) is 8.03. The molecule has 1 aliphatic rings. The maximum absolute atomic E-state index is 11.2. The van der Waals surface area contributed by atoms with Gasteiger partial charge in [0.2, 0.25) is 5.91 Å². The van der Waals surface area contributed by atoms with Crippen LogP contribution in [0.1, 0.15) is 20.3 Å². The Balaban J connectivity index is 2.46. The Labute approximate surface area is 97.7 Å². The van der Waals surface area contributed by atoms with Crippen molar-refractivity contribution in [3.05, 3.63) is 0 Å². The van der Waals surface area contributed by atoms with Gasteiger partial charge in [-0.3, -0.25) is 9.69 Å². The van der Waals surface area contributed by atoms with Gasteiger partial charge in [-0.1, -0.05) is 0 Å². The second-order valence-corrected chi connectivity index (χ2v) is 5.17. The molecule has 4 N–H and O–H groups in total. The Morgan fingerprint density at radius 2 is 1.88 bits per heavy atom. The molecule has 1 rings (SSSR count). The van der Waals surface area contributed by atoms with E-state index in [4.69, 9.17) is 11.5 Å². The van der Waals surface area contributed by atoms with Crippen molar-refractivity contribution in [3.63, 3.8) is 0 Å². The van der Waals surface area contributed by atoms with Gasteiger partial charge in [0.15, 0.2) is 0 Å². The van der Waals surface area contributed by atoms with E-state index in [1.165, 1.54) is 0 Å². The topological polar surface area (TPSA) is 75.6 Å². The molecule has 16 heavy (non-hydrogen) atoms. The third kappa shape index (κ3) is 3.43. The molecule has 0 aromatic heterocycles. The quantitative estimate of drug-likeness (QED) is 0.661. The van der Waals surface area contributed by atoms with E-state index >= 15 is 0 Å². The smallest absolute Gasteiger partial charge is 0.237 e. The van der Waals surface area contributed by atoms with Crippen molar-refractivity contribution in [2.75, 3.05) is 33.2 Å². The maximum Gasteiger partial charge on any atom is 0.237 e. The lowest BCUT2D eigenvalue weighted by Gasteiger charge is -2.38. The second-order valence-electron chi connectivity index (χ2n) is 5.17. The van der Waals surface area contributed by atoms with Crippen LogP contribution in [-0.2, 0) is 4.79 Å². The standard InChI is InChI=1S/C11H24N4O/c1-9(8-11(2,13)10(12)16)15-6-4-14(3)5-7-15/h9H,4-8,13H2,1-3H3,(H2,12,16). The number of amides is 1. The van der Waals surface area contributed by atoms with Gasteiger partial charge in [-0.2, -0.15) is 0 Å². The summed E-state index contributed by atoms with van der Waals surface area (Å²) in [5, 5.41) is 0. The molecule has 1 amide bonds. The van der Waals surface area contributed by atoms with Gasteiger partial charge in [-0.15, -0.1) is 0 Å². The highest BCUT2D eigenvalue weighted by Crippen LogP contribution is 2.15. The van der Waals surface area contributed by atoms with Crippen LogP contribution in [-0.4, -0.2) is 60.5 Å². The number of nitrogens with zero attached hydrogens (tertiary/aromatic N) is 2. The summed E-state index contributed by atoms with van der Waals surface area (Å²) in [5.74, 6) is -0.423. The molecular formula is C11H24N4O. The van der Waals surface area contributed by atoms with Gasteiger partial charge in [0.05, 0.1) is 5.54 Å². The number of piperazine rings is 1. The summed E-state index contributed by atoms with van der Waals surface area (Å²) >= 11 is 0. The van der Waals surface area contributed by atoms with Crippen molar-refractivity contribution in [1.82, 2.24) is 9.80 Å². The first-order chi connectivity index (χ1) is 7.33. The van der Waals surface area contributed by atoms with E-state index in [0.717, 1.165) is 26.2 Å². The van der Waals surface area contributed by atoms with Crippen molar-refractivity contribution >= 4 is 5.91 Å². The summed E-state index contributed by atoms with van der Waals surface area (Å²) in [6.07, 6.45) is 0.617. The van der Waals surface area contributed by atoms with E-state index in [1.807, 2.05) is 0 Å². The lowest BCUT2D eigenvalue weighted by Crippen LogP contribution is -2.55. The number of carbonyl (C=O) groups excluding carboxylic acids is 1. The molecule has 1 aliphatic heterocycles. The minimum atomic E-state index is -0.900. The molecule has 94 valence electrons. The summed E-state index contributed by atoms with van der Waals surface area (Å²) in [4.78, 5) is 15.8. The highest BCUT2D eigenvalue weighted by Gasteiger charge is 2.30. The molecule has 2 atom stereocenters. The predicted octanol–water partition coefficient (Wildman–Crippen LogP) is -0.785. The molecule has 0 aromatic carbocycles. The first-order valence-corrected chi connectivity index (χ1v) is 5.84. The fourth-order valence-corrected chi connectivity index (χ4v) is 2.11. The van der Waals surface area contributed by atoms with Crippen molar-refractivity contribution in [3.8, 4) is 0 Å². The van der Waals surface area contributed by atoms with Crippen LogP contribution in [0.5, 0.6) is 0 Å². The minimum Gasteiger partial charge on any atom is -0.368 e. The van der Waals surface area contributed by atoms with Gasteiger partial charge in [0.1, 0.15) is 0 Å². The first kappa shape index (κ1) is 13.4. The minimum absolute atomic E-state index is 0.302. The molecule has 0 aliphatic carbocycles. The summed E-state index contributed by atoms with van der Waals surface area (Å²) < 4.78 is 0. The van der Waals surface area contributed by atoms with E-state index in [-0.39, 0.29) is 0 Å². The van der Waals surface area contributed by atoms with E-state index in [9.17, 15) is 4.79 Å². The summed E-state index contributed by atoms with van der Waals surface area (Å²) in [5.41, 5.74) is 10.3. The highest BCUT2D eigenvalue weighted by molar-refractivity contribution is 5.83. The zero-order valence-corrected chi connectivity index (χ0v) is 10.6. The molecule has 0 spiro atoms. The molecular weight excluding hydrogens is 204 g/mol. The van der Waals surface area contributed by atoms with Crippen LogP contribution in [0.25, 0.3) is 0 Å². The van der Waals surface area contributed by atoms with Crippen LogP contribution >= 0.6 is 0 Å². The summed E-state index contributed by atoms with van der Waals surface area (Å²) in [7, 11) is 2.12. The summed E-state index contributed by atoms with van der Waals surface area (Å²) in [6, 6.07) is 0.302.